The minimum Gasteiger partial charge on any atom is -0.294 e. The van der Waals surface area contributed by atoms with E-state index >= 15 is 0 Å². The molecule has 0 fully saturated rings. The minimum atomic E-state index is 0.0170. The van der Waals surface area contributed by atoms with E-state index < -0.39 is 0 Å². The third-order valence-electron chi connectivity index (χ3n) is 2.65. The number of hydrogen-bond acceptors (Lipinski definition) is 4. The number of Topliss-reactive ketones (excluding diaryl/α,β-unsaturated/α-hetero) is 1. The molecule has 0 aliphatic rings. The summed E-state index contributed by atoms with van der Waals surface area (Å²) in [5.41, 5.74) is 2.35. The van der Waals surface area contributed by atoms with Crippen LogP contribution in [0, 0.1) is 11.3 Å². The molecule has 0 aliphatic carbocycles. The zero-order valence-electron chi connectivity index (χ0n) is 10.8. The Morgan fingerprint density at radius 2 is 2.05 bits per heavy atom. The predicted molar refractivity (Wildman–Crippen MR) is 80.9 cm³/mol. The Kier molecular flexibility index (Phi) is 4.41. The molecule has 0 saturated heterocycles. The van der Waals surface area contributed by atoms with Gasteiger partial charge in [0.2, 0.25) is 0 Å². The minimum absolute atomic E-state index is 0.0170. The first-order chi connectivity index (χ1) is 9.19. The molecule has 0 atom stereocenters. The van der Waals surface area contributed by atoms with E-state index in [0.717, 1.165) is 21.1 Å². The number of rotatable bonds is 4. The van der Waals surface area contributed by atoms with Gasteiger partial charge in [-0.25, -0.2) is 0 Å². The van der Waals surface area contributed by atoms with E-state index in [9.17, 15) is 10.1 Å². The Hall–Kier alpha value is -1.57. The molecule has 1 heterocycles. The molecule has 0 aliphatic heterocycles. The molecule has 4 heteroatoms. The normalized spacial score (nSPS) is 10.2. The smallest absolute Gasteiger partial charge is 0.170 e. The number of carbonyl (C=O) groups excluding carboxylic acids is 1. The van der Waals surface area contributed by atoms with E-state index in [-0.39, 0.29) is 5.78 Å². The second-order valence-electron chi connectivity index (χ2n) is 3.94. The van der Waals surface area contributed by atoms with Gasteiger partial charge in [-0.1, -0.05) is 37.3 Å². The zero-order chi connectivity index (χ0) is 13.8. The van der Waals surface area contributed by atoms with Crippen LogP contribution in [0.2, 0.25) is 0 Å². The van der Waals surface area contributed by atoms with Gasteiger partial charge in [-0.3, -0.25) is 4.79 Å². The van der Waals surface area contributed by atoms with Crippen LogP contribution in [0.1, 0.15) is 29.1 Å². The maximum absolute atomic E-state index is 11.8. The van der Waals surface area contributed by atoms with Crippen molar-refractivity contribution in [1.82, 2.24) is 0 Å². The van der Waals surface area contributed by atoms with Crippen LogP contribution < -0.4 is 0 Å². The number of benzene rings is 1. The maximum atomic E-state index is 11.8. The Balaban J connectivity index is 2.70. The molecule has 0 N–H and O–H groups in total. The van der Waals surface area contributed by atoms with Crippen molar-refractivity contribution in [3.8, 4) is 17.2 Å². The summed E-state index contributed by atoms with van der Waals surface area (Å²) in [6.07, 6.45) is 0. The summed E-state index contributed by atoms with van der Waals surface area (Å²) in [6, 6.07) is 11.9. The quantitative estimate of drug-likeness (QED) is 0.609. The number of thioether (sulfide) groups is 1. The highest BCUT2D eigenvalue weighted by Crippen LogP contribution is 2.41. The van der Waals surface area contributed by atoms with Crippen molar-refractivity contribution < 1.29 is 4.79 Å². The van der Waals surface area contributed by atoms with Gasteiger partial charge in [-0.15, -0.1) is 23.1 Å². The number of thiophene rings is 1. The molecule has 0 bridgehead atoms. The molecule has 96 valence electrons. The predicted octanol–water partition coefficient (Wildman–Crippen LogP) is 4.60. The molecule has 0 amide bonds. The van der Waals surface area contributed by atoms with Crippen molar-refractivity contribution in [3.05, 3.63) is 40.8 Å². The van der Waals surface area contributed by atoms with Crippen LogP contribution in [0.3, 0.4) is 0 Å². The largest absolute Gasteiger partial charge is 0.294 e. The van der Waals surface area contributed by atoms with Gasteiger partial charge in [0.15, 0.2) is 5.78 Å². The van der Waals surface area contributed by atoms with Gasteiger partial charge < -0.3 is 0 Å². The molecule has 2 rings (SSSR count). The Labute approximate surface area is 121 Å². The highest BCUT2D eigenvalue weighted by molar-refractivity contribution is 8.01. The van der Waals surface area contributed by atoms with Crippen molar-refractivity contribution in [2.75, 3.05) is 5.75 Å². The van der Waals surface area contributed by atoms with Crippen LogP contribution in [0.25, 0.3) is 11.1 Å². The summed E-state index contributed by atoms with van der Waals surface area (Å²) in [5.74, 6) is 0.907. The van der Waals surface area contributed by atoms with Crippen LogP contribution in [0.15, 0.2) is 34.5 Å². The number of hydrogen-bond donors (Lipinski definition) is 0. The van der Waals surface area contributed by atoms with Crippen molar-refractivity contribution in [3.63, 3.8) is 0 Å². The van der Waals surface area contributed by atoms with Crippen LogP contribution in [0.5, 0.6) is 0 Å². The van der Waals surface area contributed by atoms with Crippen molar-refractivity contribution in [1.29, 1.82) is 5.26 Å². The molecule has 0 spiro atoms. The van der Waals surface area contributed by atoms with Crippen molar-refractivity contribution in [2.24, 2.45) is 0 Å². The molecule has 1 aromatic carbocycles. The monoisotopic (exact) mass is 287 g/mol. The lowest BCUT2D eigenvalue weighted by Crippen LogP contribution is -1.91. The third kappa shape index (κ3) is 2.73. The molecule has 1 aromatic heterocycles. The Morgan fingerprint density at radius 3 is 2.58 bits per heavy atom. The molecule has 19 heavy (non-hydrogen) atoms. The zero-order valence-corrected chi connectivity index (χ0v) is 12.4. The summed E-state index contributed by atoms with van der Waals surface area (Å²) in [4.78, 5) is 12.5. The lowest BCUT2D eigenvalue weighted by molar-refractivity contribution is 0.102. The van der Waals surface area contributed by atoms with E-state index in [1.165, 1.54) is 11.3 Å². The van der Waals surface area contributed by atoms with E-state index in [1.807, 2.05) is 37.3 Å². The van der Waals surface area contributed by atoms with Gasteiger partial charge in [0.05, 0.1) is 14.6 Å². The number of ketones is 1. The maximum Gasteiger partial charge on any atom is 0.170 e. The summed E-state index contributed by atoms with van der Waals surface area (Å²) < 4.78 is 0.939. The van der Waals surface area contributed by atoms with Gasteiger partial charge in [-0.05, 0) is 18.2 Å². The van der Waals surface area contributed by atoms with Crippen LogP contribution in [-0.2, 0) is 0 Å². The fraction of sp³-hybridized carbons (Fsp3) is 0.200. The number of nitriles is 1. The van der Waals surface area contributed by atoms with Gasteiger partial charge in [-0.2, -0.15) is 5.26 Å². The first-order valence-corrected chi connectivity index (χ1v) is 7.75. The molecular weight excluding hydrogens is 274 g/mol. The molecule has 2 nitrogen and oxygen atoms in total. The average Bonchev–Trinajstić information content (AvgIpc) is 2.79. The lowest BCUT2D eigenvalue weighted by atomic mass is 10.0. The Morgan fingerprint density at radius 1 is 1.37 bits per heavy atom. The van der Waals surface area contributed by atoms with Crippen molar-refractivity contribution >= 4 is 28.9 Å². The highest BCUT2D eigenvalue weighted by atomic mass is 32.2. The van der Waals surface area contributed by atoms with Crippen LogP contribution in [-0.4, -0.2) is 11.5 Å². The molecular formula is C15H13NOS2. The van der Waals surface area contributed by atoms with E-state index in [4.69, 9.17) is 0 Å². The standard InChI is InChI=1S/C15H13NOS2/c1-3-18-15-12(9-16)13(14(19-15)10(2)17)11-7-5-4-6-8-11/h4-8H,3H2,1-2H3. The topological polar surface area (TPSA) is 40.9 Å². The third-order valence-corrected chi connectivity index (χ3v) is 5.09. The number of nitrogens with zero attached hydrogens (tertiary/aromatic N) is 1. The van der Waals surface area contributed by atoms with Gasteiger partial charge in [0, 0.05) is 5.56 Å². The highest BCUT2D eigenvalue weighted by Gasteiger charge is 2.21. The van der Waals surface area contributed by atoms with Crippen LogP contribution in [0.4, 0.5) is 0 Å². The van der Waals surface area contributed by atoms with E-state index in [0.29, 0.717) is 10.4 Å². The van der Waals surface area contributed by atoms with Gasteiger partial charge >= 0.3 is 0 Å². The first kappa shape index (κ1) is 13.9. The SMILES string of the molecule is CCSc1sc(C(C)=O)c(-c2ccccc2)c1C#N. The Bertz CT molecular complexity index is 638. The van der Waals surface area contributed by atoms with Gasteiger partial charge in [0.25, 0.3) is 0 Å². The van der Waals surface area contributed by atoms with Crippen molar-refractivity contribution in [2.45, 2.75) is 18.1 Å². The fourth-order valence-electron chi connectivity index (χ4n) is 1.87. The van der Waals surface area contributed by atoms with Crippen LogP contribution >= 0.6 is 23.1 Å². The second kappa shape index (κ2) is 6.05. The van der Waals surface area contributed by atoms with E-state index in [1.54, 1.807) is 18.7 Å². The fourth-order valence-corrected chi connectivity index (χ4v) is 4.17. The van der Waals surface area contributed by atoms with E-state index in [2.05, 4.69) is 6.07 Å². The first-order valence-electron chi connectivity index (χ1n) is 5.95. The molecule has 0 saturated carbocycles. The summed E-state index contributed by atoms with van der Waals surface area (Å²) in [6.45, 7) is 3.60. The summed E-state index contributed by atoms with van der Waals surface area (Å²) >= 11 is 3.05. The molecule has 2 aromatic rings. The summed E-state index contributed by atoms with van der Waals surface area (Å²) in [7, 11) is 0. The second-order valence-corrected chi connectivity index (χ2v) is 6.49. The lowest BCUT2D eigenvalue weighted by Gasteiger charge is -2.02. The summed E-state index contributed by atoms with van der Waals surface area (Å²) in [5, 5.41) is 9.41. The molecule has 0 unspecified atom stereocenters. The number of carbonyl (C=O) groups is 1. The average molecular weight is 287 g/mol. The molecule has 0 radical (unpaired) electrons. The van der Waals surface area contributed by atoms with Gasteiger partial charge in [0.1, 0.15) is 6.07 Å².